The van der Waals surface area contributed by atoms with E-state index in [1.54, 1.807) is 19.2 Å². The van der Waals surface area contributed by atoms with Crippen LogP contribution in [-0.4, -0.2) is 36.3 Å². The van der Waals surface area contributed by atoms with Crippen LogP contribution in [0.25, 0.3) is 0 Å². The average Bonchev–Trinajstić information content (AvgIpc) is 2.91. The molecular formula is C15H14N2O5S. The maximum absolute atomic E-state index is 5.76. The SMILES string of the molecule is COc1cc(OC)nc(Oc2cccc3c2C(=S)OC3OC)n1. The second kappa shape index (κ2) is 6.35. The lowest BCUT2D eigenvalue weighted by molar-refractivity contribution is -0.0544. The second-order valence-electron chi connectivity index (χ2n) is 4.53. The van der Waals surface area contributed by atoms with Crippen molar-refractivity contribution in [1.29, 1.82) is 0 Å². The first-order chi connectivity index (χ1) is 11.2. The Bertz CT molecular complexity index is 730. The zero-order chi connectivity index (χ0) is 16.4. The first-order valence-electron chi connectivity index (χ1n) is 6.68. The normalized spacial score (nSPS) is 15.8. The summed E-state index contributed by atoms with van der Waals surface area (Å²) in [4.78, 5) is 8.27. The van der Waals surface area contributed by atoms with Gasteiger partial charge in [0.25, 0.3) is 0 Å². The van der Waals surface area contributed by atoms with E-state index in [0.717, 1.165) is 5.56 Å². The maximum Gasteiger partial charge on any atom is 0.328 e. The van der Waals surface area contributed by atoms with Crippen LogP contribution in [0.1, 0.15) is 17.4 Å². The van der Waals surface area contributed by atoms with E-state index in [1.807, 2.05) is 12.1 Å². The van der Waals surface area contributed by atoms with Crippen molar-refractivity contribution in [3.8, 4) is 23.5 Å². The Morgan fingerprint density at radius 1 is 1.09 bits per heavy atom. The van der Waals surface area contributed by atoms with Crippen molar-refractivity contribution in [1.82, 2.24) is 9.97 Å². The zero-order valence-corrected chi connectivity index (χ0v) is 13.5. The third-order valence-electron chi connectivity index (χ3n) is 3.22. The molecule has 23 heavy (non-hydrogen) atoms. The second-order valence-corrected chi connectivity index (χ2v) is 4.90. The van der Waals surface area contributed by atoms with Crippen LogP contribution in [0.15, 0.2) is 24.3 Å². The molecule has 0 radical (unpaired) electrons. The number of methoxy groups -OCH3 is 3. The Labute approximate surface area is 138 Å². The van der Waals surface area contributed by atoms with Crippen molar-refractivity contribution in [2.45, 2.75) is 6.29 Å². The van der Waals surface area contributed by atoms with Gasteiger partial charge in [0.2, 0.25) is 18.1 Å². The molecule has 0 fully saturated rings. The van der Waals surface area contributed by atoms with Crippen LogP contribution in [0, 0.1) is 0 Å². The molecule has 1 unspecified atom stereocenters. The molecule has 0 N–H and O–H groups in total. The van der Waals surface area contributed by atoms with Crippen LogP contribution in [0.4, 0.5) is 0 Å². The summed E-state index contributed by atoms with van der Waals surface area (Å²) in [6, 6.07) is 7.06. The van der Waals surface area contributed by atoms with Crippen molar-refractivity contribution >= 4 is 17.3 Å². The molecule has 1 aliphatic heterocycles. The highest BCUT2D eigenvalue weighted by Gasteiger charge is 2.31. The highest BCUT2D eigenvalue weighted by molar-refractivity contribution is 7.80. The summed E-state index contributed by atoms with van der Waals surface area (Å²) in [5.41, 5.74) is 1.45. The smallest absolute Gasteiger partial charge is 0.328 e. The molecule has 1 atom stereocenters. The summed E-state index contributed by atoms with van der Waals surface area (Å²) >= 11 is 5.25. The van der Waals surface area contributed by atoms with Gasteiger partial charge in [0.05, 0.1) is 25.8 Å². The van der Waals surface area contributed by atoms with Crippen LogP contribution in [0.5, 0.6) is 23.5 Å². The zero-order valence-electron chi connectivity index (χ0n) is 12.7. The van der Waals surface area contributed by atoms with Gasteiger partial charge in [-0.3, -0.25) is 0 Å². The molecule has 0 saturated carbocycles. The molecular weight excluding hydrogens is 320 g/mol. The highest BCUT2D eigenvalue weighted by atomic mass is 32.1. The topological polar surface area (TPSA) is 71.9 Å². The molecule has 1 aromatic heterocycles. The minimum Gasteiger partial charge on any atom is -0.481 e. The molecule has 7 nitrogen and oxygen atoms in total. The van der Waals surface area contributed by atoms with E-state index in [4.69, 9.17) is 35.9 Å². The number of hydrogen-bond donors (Lipinski definition) is 0. The van der Waals surface area contributed by atoms with E-state index in [1.165, 1.54) is 14.2 Å². The number of ether oxygens (including phenoxy) is 5. The van der Waals surface area contributed by atoms with E-state index in [0.29, 0.717) is 28.1 Å². The molecule has 0 aliphatic carbocycles. The lowest BCUT2D eigenvalue weighted by atomic mass is 10.1. The molecule has 2 aromatic rings. The summed E-state index contributed by atoms with van der Waals surface area (Å²) in [6.45, 7) is 0. The van der Waals surface area contributed by atoms with Gasteiger partial charge in [-0.1, -0.05) is 12.1 Å². The minimum absolute atomic E-state index is 0.0817. The van der Waals surface area contributed by atoms with Gasteiger partial charge in [-0.15, -0.1) is 0 Å². The van der Waals surface area contributed by atoms with Crippen molar-refractivity contribution in [3.05, 3.63) is 35.4 Å². The molecule has 120 valence electrons. The van der Waals surface area contributed by atoms with Crippen molar-refractivity contribution in [2.75, 3.05) is 21.3 Å². The van der Waals surface area contributed by atoms with Crippen LogP contribution < -0.4 is 14.2 Å². The van der Waals surface area contributed by atoms with E-state index in [9.17, 15) is 0 Å². The maximum atomic E-state index is 5.76. The number of rotatable bonds is 5. The van der Waals surface area contributed by atoms with Gasteiger partial charge < -0.3 is 23.7 Å². The number of nitrogens with zero attached hydrogens (tertiary/aromatic N) is 2. The van der Waals surface area contributed by atoms with E-state index < -0.39 is 6.29 Å². The first-order valence-corrected chi connectivity index (χ1v) is 7.08. The molecule has 0 spiro atoms. The third-order valence-corrected chi connectivity index (χ3v) is 3.52. The Balaban J connectivity index is 1.99. The lowest BCUT2D eigenvalue weighted by Crippen LogP contribution is -2.01. The summed E-state index contributed by atoms with van der Waals surface area (Å²) in [5, 5.41) is 0.303. The largest absolute Gasteiger partial charge is 0.481 e. The molecule has 8 heteroatoms. The fourth-order valence-electron chi connectivity index (χ4n) is 2.18. The molecule has 2 heterocycles. The number of thiocarbonyl (C=S) groups is 1. The summed E-state index contributed by atoms with van der Waals surface area (Å²) in [6.07, 6.45) is -0.540. The third kappa shape index (κ3) is 2.90. The standard InChI is InChI=1S/C15H14N2O5S/c1-18-10-7-11(19-2)17-15(16-10)21-9-6-4-5-8-12(9)14(23)22-13(8)20-3/h4-7,13H,1-3H3. The summed E-state index contributed by atoms with van der Waals surface area (Å²) in [5.74, 6) is 1.13. The fraction of sp³-hybridized carbons (Fsp3) is 0.267. The van der Waals surface area contributed by atoms with Gasteiger partial charge in [-0.2, -0.15) is 9.97 Å². The van der Waals surface area contributed by atoms with Gasteiger partial charge in [-0.05, 0) is 18.3 Å². The molecule has 1 aliphatic rings. The van der Waals surface area contributed by atoms with E-state index in [-0.39, 0.29) is 6.01 Å². The molecule has 0 amide bonds. The number of fused-ring (bicyclic) bond motifs is 1. The van der Waals surface area contributed by atoms with Gasteiger partial charge in [0, 0.05) is 12.7 Å². The fourth-order valence-corrected chi connectivity index (χ4v) is 2.49. The van der Waals surface area contributed by atoms with Gasteiger partial charge in [-0.25, -0.2) is 0 Å². The number of benzene rings is 1. The predicted molar refractivity (Wildman–Crippen MR) is 84.2 cm³/mol. The van der Waals surface area contributed by atoms with Crippen molar-refractivity contribution in [3.63, 3.8) is 0 Å². The van der Waals surface area contributed by atoms with Crippen molar-refractivity contribution in [2.24, 2.45) is 0 Å². The highest BCUT2D eigenvalue weighted by Crippen LogP contribution is 2.38. The van der Waals surface area contributed by atoms with Crippen molar-refractivity contribution < 1.29 is 23.7 Å². The Kier molecular flexibility index (Phi) is 4.26. The molecule has 0 saturated heterocycles. The Morgan fingerprint density at radius 2 is 1.78 bits per heavy atom. The minimum atomic E-state index is -0.540. The van der Waals surface area contributed by atoms with E-state index in [2.05, 4.69) is 9.97 Å². The van der Waals surface area contributed by atoms with Crippen LogP contribution in [0.2, 0.25) is 0 Å². The Morgan fingerprint density at radius 3 is 2.39 bits per heavy atom. The predicted octanol–water partition coefficient (Wildman–Crippen LogP) is 2.64. The van der Waals surface area contributed by atoms with E-state index >= 15 is 0 Å². The van der Waals surface area contributed by atoms with Gasteiger partial charge >= 0.3 is 6.01 Å². The number of hydrogen-bond acceptors (Lipinski definition) is 8. The van der Waals surface area contributed by atoms with Crippen LogP contribution in [0.3, 0.4) is 0 Å². The first kappa shape index (κ1) is 15.4. The molecule has 3 rings (SSSR count). The van der Waals surface area contributed by atoms with Crippen LogP contribution in [-0.2, 0) is 9.47 Å². The van der Waals surface area contributed by atoms with Gasteiger partial charge in [0.1, 0.15) is 5.75 Å². The summed E-state index contributed by atoms with van der Waals surface area (Å²) < 4.78 is 26.7. The molecule has 1 aromatic carbocycles. The Hall–Kier alpha value is -2.45. The quantitative estimate of drug-likeness (QED) is 0.773. The monoisotopic (exact) mass is 334 g/mol. The number of aromatic nitrogens is 2. The summed E-state index contributed by atoms with van der Waals surface area (Å²) in [7, 11) is 4.54. The lowest BCUT2D eigenvalue weighted by Gasteiger charge is -2.10. The average molecular weight is 334 g/mol. The van der Waals surface area contributed by atoms with Crippen LogP contribution >= 0.6 is 12.2 Å². The van der Waals surface area contributed by atoms with Gasteiger partial charge in [0.15, 0.2) is 5.05 Å². The molecule has 0 bridgehead atoms.